The van der Waals surface area contributed by atoms with E-state index in [9.17, 15) is 5.11 Å². The summed E-state index contributed by atoms with van der Waals surface area (Å²) in [6, 6.07) is 0. The normalized spacial score (nSPS) is 16.3. The van der Waals surface area contributed by atoms with Gasteiger partial charge in [-0.05, 0) is 12.5 Å². The number of unbranched alkanes of at least 4 members (excludes halogenated alkanes) is 1. The quantitative estimate of drug-likeness (QED) is 0.371. The molecule has 0 bridgehead atoms. The van der Waals surface area contributed by atoms with Gasteiger partial charge in [-0.3, -0.25) is 0 Å². The van der Waals surface area contributed by atoms with Crippen molar-refractivity contribution in [1.82, 2.24) is 0 Å². The number of hydrogen-bond donors (Lipinski definition) is 2. The van der Waals surface area contributed by atoms with E-state index in [2.05, 4.69) is 20.6 Å². The van der Waals surface area contributed by atoms with Crippen LogP contribution in [0.15, 0.2) is 12.7 Å². The van der Waals surface area contributed by atoms with Crippen LogP contribution in [0.2, 0.25) is 0 Å². The van der Waals surface area contributed by atoms with Crippen molar-refractivity contribution in [2.45, 2.75) is 25.9 Å². The first-order valence-corrected chi connectivity index (χ1v) is 5.31. The Labute approximate surface area is 99.4 Å². The molecule has 0 amide bonds. The van der Waals surface area contributed by atoms with Gasteiger partial charge in [0, 0.05) is 0 Å². The number of rotatable bonds is 8. The predicted molar refractivity (Wildman–Crippen MR) is 59.0 cm³/mol. The molecule has 3 nitrogen and oxygen atoms in total. The second-order valence-corrected chi connectivity index (χ2v) is 4.19. The molecule has 0 fully saturated rings. The third-order valence-corrected chi connectivity index (χ3v) is 2.48. The summed E-state index contributed by atoms with van der Waals surface area (Å²) in [4.78, 5) is 0. The minimum Gasteiger partial charge on any atom is -1.00 e. The maximum Gasteiger partial charge on any atom is 0.126 e. The molecule has 0 aliphatic rings. The zero-order valence-electron chi connectivity index (χ0n) is 9.82. The molecule has 4 heteroatoms. The molecular formula is C11H24ClNO2. The Balaban J connectivity index is 0. The molecule has 0 radical (unpaired) electrons. The van der Waals surface area contributed by atoms with Gasteiger partial charge in [-0.25, -0.2) is 0 Å². The van der Waals surface area contributed by atoms with Gasteiger partial charge < -0.3 is 27.1 Å². The molecule has 0 aromatic rings. The topological polar surface area (TPSA) is 40.5 Å². The van der Waals surface area contributed by atoms with Gasteiger partial charge in [0.1, 0.15) is 12.6 Å². The SMILES string of the molecule is C=CC[N+](C)(CCCC)CC(O)CO.[Cl-]. The summed E-state index contributed by atoms with van der Waals surface area (Å²) >= 11 is 0. The maximum atomic E-state index is 9.42. The minimum absolute atomic E-state index is 0. The Hall–Kier alpha value is -0.0900. The van der Waals surface area contributed by atoms with Crippen LogP contribution in [0, 0.1) is 0 Å². The zero-order valence-corrected chi connectivity index (χ0v) is 10.6. The fourth-order valence-electron chi connectivity index (χ4n) is 1.68. The van der Waals surface area contributed by atoms with Crippen molar-refractivity contribution in [1.29, 1.82) is 0 Å². The molecule has 0 saturated heterocycles. The molecule has 0 spiro atoms. The number of aliphatic hydroxyl groups excluding tert-OH is 2. The highest BCUT2D eigenvalue weighted by Crippen LogP contribution is 2.07. The standard InChI is InChI=1S/C11H24NO2.ClH/c1-4-6-8-12(3,7-5-2)9-11(14)10-13;/h5,11,13-14H,2,4,6-10H2,1,3H3;1H/q+1;/p-1. The van der Waals surface area contributed by atoms with Crippen molar-refractivity contribution >= 4 is 0 Å². The number of likely N-dealkylation sites (N-methyl/N-ethyl adjacent to an activating group) is 1. The maximum absolute atomic E-state index is 9.42. The van der Waals surface area contributed by atoms with Gasteiger partial charge in [-0.1, -0.05) is 19.9 Å². The van der Waals surface area contributed by atoms with Crippen LogP contribution >= 0.6 is 0 Å². The van der Waals surface area contributed by atoms with Crippen molar-refractivity contribution < 1.29 is 27.1 Å². The first kappa shape index (κ1) is 17.3. The summed E-state index contributed by atoms with van der Waals surface area (Å²) in [6.07, 6.45) is 3.56. The number of aliphatic hydroxyl groups is 2. The fraction of sp³-hybridized carbons (Fsp3) is 0.818. The Morgan fingerprint density at radius 3 is 2.47 bits per heavy atom. The lowest BCUT2D eigenvalue weighted by Gasteiger charge is -2.35. The molecule has 0 aromatic carbocycles. The van der Waals surface area contributed by atoms with E-state index in [1.165, 1.54) is 0 Å². The van der Waals surface area contributed by atoms with Crippen LogP contribution in [-0.2, 0) is 0 Å². The van der Waals surface area contributed by atoms with Crippen LogP contribution in [0.4, 0.5) is 0 Å². The van der Waals surface area contributed by atoms with Crippen molar-refractivity contribution in [2.24, 2.45) is 0 Å². The monoisotopic (exact) mass is 237 g/mol. The number of nitrogens with zero attached hydrogens (tertiary/aromatic N) is 1. The van der Waals surface area contributed by atoms with Crippen molar-refractivity contribution in [3.05, 3.63) is 12.7 Å². The molecular weight excluding hydrogens is 214 g/mol. The predicted octanol–water partition coefficient (Wildman–Crippen LogP) is -2.22. The summed E-state index contributed by atoms with van der Waals surface area (Å²) in [5.41, 5.74) is 0. The van der Waals surface area contributed by atoms with E-state index in [1.54, 1.807) is 0 Å². The van der Waals surface area contributed by atoms with E-state index in [0.717, 1.165) is 30.4 Å². The van der Waals surface area contributed by atoms with E-state index in [-0.39, 0.29) is 19.0 Å². The lowest BCUT2D eigenvalue weighted by atomic mass is 10.2. The van der Waals surface area contributed by atoms with Crippen molar-refractivity contribution in [3.8, 4) is 0 Å². The van der Waals surface area contributed by atoms with E-state index in [4.69, 9.17) is 5.11 Å². The Morgan fingerprint density at radius 2 is 2.07 bits per heavy atom. The van der Waals surface area contributed by atoms with Crippen LogP contribution in [0.25, 0.3) is 0 Å². The highest BCUT2D eigenvalue weighted by Gasteiger charge is 2.22. The summed E-state index contributed by atoms with van der Waals surface area (Å²) < 4.78 is 0.763. The van der Waals surface area contributed by atoms with E-state index < -0.39 is 6.10 Å². The van der Waals surface area contributed by atoms with Crippen LogP contribution in [0.1, 0.15) is 19.8 Å². The van der Waals surface area contributed by atoms with Gasteiger partial charge in [0.15, 0.2) is 0 Å². The molecule has 0 rings (SSSR count). The van der Waals surface area contributed by atoms with Crippen LogP contribution in [0.5, 0.6) is 0 Å². The van der Waals surface area contributed by atoms with Crippen LogP contribution in [0.3, 0.4) is 0 Å². The first-order valence-electron chi connectivity index (χ1n) is 5.31. The summed E-state index contributed by atoms with van der Waals surface area (Å²) in [7, 11) is 2.09. The summed E-state index contributed by atoms with van der Waals surface area (Å²) in [6.45, 7) is 8.20. The summed E-state index contributed by atoms with van der Waals surface area (Å²) in [5, 5.41) is 18.2. The fourth-order valence-corrected chi connectivity index (χ4v) is 1.68. The van der Waals surface area contributed by atoms with Gasteiger partial charge in [-0.15, -0.1) is 0 Å². The first-order chi connectivity index (χ1) is 6.58. The zero-order chi connectivity index (χ0) is 11.0. The van der Waals surface area contributed by atoms with E-state index in [1.807, 2.05) is 6.08 Å². The lowest BCUT2D eigenvalue weighted by molar-refractivity contribution is -0.907. The van der Waals surface area contributed by atoms with Gasteiger partial charge in [0.2, 0.25) is 0 Å². The molecule has 0 aliphatic carbocycles. The molecule has 0 aliphatic heterocycles. The largest absolute Gasteiger partial charge is 1.00 e. The highest BCUT2D eigenvalue weighted by molar-refractivity contribution is 4.66. The third kappa shape index (κ3) is 7.79. The van der Waals surface area contributed by atoms with Crippen LogP contribution < -0.4 is 12.4 Å². The van der Waals surface area contributed by atoms with Crippen LogP contribution in [-0.4, -0.2) is 54.1 Å². The highest BCUT2D eigenvalue weighted by atomic mass is 35.5. The summed E-state index contributed by atoms with van der Waals surface area (Å²) in [5.74, 6) is 0. The second kappa shape index (κ2) is 9.16. The smallest absolute Gasteiger partial charge is 0.126 e. The number of hydrogen-bond acceptors (Lipinski definition) is 2. The average Bonchev–Trinajstić information content (AvgIpc) is 2.15. The second-order valence-electron chi connectivity index (χ2n) is 4.19. The van der Waals surface area contributed by atoms with Gasteiger partial charge in [0.05, 0.1) is 26.7 Å². The van der Waals surface area contributed by atoms with Crippen molar-refractivity contribution in [2.75, 3.05) is 33.3 Å². The van der Waals surface area contributed by atoms with Gasteiger partial charge in [0.25, 0.3) is 0 Å². The Bertz CT molecular complexity index is 167. The Kier molecular flexibility index (Phi) is 10.6. The van der Waals surface area contributed by atoms with Crippen molar-refractivity contribution in [3.63, 3.8) is 0 Å². The van der Waals surface area contributed by atoms with E-state index in [0.29, 0.717) is 6.54 Å². The van der Waals surface area contributed by atoms with Gasteiger partial charge >= 0.3 is 0 Å². The average molecular weight is 238 g/mol. The molecule has 15 heavy (non-hydrogen) atoms. The molecule has 2 N–H and O–H groups in total. The number of halogens is 1. The van der Waals surface area contributed by atoms with E-state index >= 15 is 0 Å². The molecule has 0 saturated carbocycles. The Morgan fingerprint density at radius 1 is 1.47 bits per heavy atom. The lowest BCUT2D eigenvalue weighted by Crippen LogP contribution is -3.00. The molecule has 0 aromatic heterocycles. The molecule has 92 valence electrons. The third-order valence-electron chi connectivity index (χ3n) is 2.48. The molecule has 0 heterocycles. The molecule has 2 atom stereocenters. The number of quaternary nitrogens is 1. The minimum atomic E-state index is -0.614. The van der Waals surface area contributed by atoms with Gasteiger partial charge in [-0.2, -0.15) is 0 Å². The molecule has 2 unspecified atom stereocenters.